The molecule has 0 unspecified atom stereocenters. The highest BCUT2D eigenvalue weighted by molar-refractivity contribution is 5.96. The number of pyridine rings is 1. The molecule has 0 saturated carbocycles. The van der Waals surface area contributed by atoms with E-state index in [-0.39, 0.29) is 5.91 Å². The van der Waals surface area contributed by atoms with E-state index in [1.807, 2.05) is 32.9 Å². The standard InChI is InChI=1S/C13H17N3O/c1-4-13(5-2,9-14)12(17)16-11-8-6-7-10(3)15-11/h6-8H,4-5H2,1-3H3,(H,15,16,17). The van der Waals surface area contributed by atoms with Gasteiger partial charge in [-0.3, -0.25) is 4.79 Å². The first-order valence-corrected chi connectivity index (χ1v) is 5.74. The Morgan fingerprint density at radius 1 is 1.47 bits per heavy atom. The Hall–Kier alpha value is -1.89. The van der Waals surface area contributed by atoms with Crippen molar-refractivity contribution >= 4 is 11.7 Å². The SMILES string of the molecule is CCC(C#N)(CC)C(=O)Nc1cccc(C)n1. The molecule has 90 valence electrons. The van der Waals surface area contributed by atoms with Crippen LogP contribution in [0.1, 0.15) is 32.4 Å². The lowest BCUT2D eigenvalue weighted by molar-refractivity contribution is -0.123. The number of rotatable bonds is 4. The third kappa shape index (κ3) is 2.82. The summed E-state index contributed by atoms with van der Waals surface area (Å²) >= 11 is 0. The normalized spacial score (nSPS) is 10.7. The molecule has 0 atom stereocenters. The van der Waals surface area contributed by atoms with Crippen LogP contribution in [0.25, 0.3) is 0 Å². The van der Waals surface area contributed by atoms with E-state index in [0.717, 1.165) is 5.69 Å². The summed E-state index contributed by atoms with van der Waals surface area (Å²) in [6, 6.07) is 7.51. The molecule has 0 aliphatic carbocycles. The first-order valence-electron chi connectivity index (χ1n) is 5.74. The molecule has 0 saturated heterocycles. The summed E-state index contributed by atoms with van der Waals surface area (Å²) in [6.45, 7) is 5.54. The molecule has 17 heavy (non-hydrogen) atoms. The molecule has 0 aliphatic heterocycles. The van der Waals surface area contributed by atoms with Crippen molar-refractivity contribution < 1.29 is 4.79 Å². The van der Waals surface area contributed by atoms with Crippen molar-refractivity contribution in [2.24, 2.45) is 5.41 Å². The summed E-state index contributed by atoms with van der Waals surface area (Å²) in [5.41, 5.74) is -0.121. The van der Waals surface area contributed by atoms with Gasteiger partial charge in [0.05, 0.1) is 6.07 Å². The lowest BCUT2D eigenvalue weighted by atomic mass is 9.83. The average molecular weight is 231 g/mol. The summed E-state index contributed by atoms with van der Waals surface area (Å²) in [4.78, 5) is 16.3. The minimum absolute atomic E-state index is 0.275. The van der Waals surface area contributed by atoms with Crippen molar-refractivity contribution in [2.75, 3.05) is 5.32 Å². The fourth-order valence-electron chi connectivity index (χ4n) is 1.63. The number of carbonyl (C=O) groups excluding carboxylic acids is 1. The van der Waals surface area contributed by atoms with Gasteiger partial charge in [-0.1, -0.05) is 19.9 Å². The Morgan fingerprint density at radius 2 is 2.12 bits per heavy atom. The van der Waals surface area contributed by atoms with Gasteiger partial charge in [-0.05, 0) is 31.9 Å². The lowest BCUT2D eigenvalue weighted by Gasteiger charge is -2.21. The van der Waals surface area contributed by atoms with Gasteiger partial charge >= 0.3 is 0 Å². The molecule has 0 aromatic carbocycles. The van der Waals surface area contributed by atoms with E-state index in [0.29, 0.717) is 18.7 Å². The summed E-state index contributed by atoms with van der Waals surface area (Å²) in [5.74, 6) is 0.222. The number of hydrogen-bond donors (Lipinski definition) is 1. The molecule has 4 nitrogen and oxygen atoms in total. The van der Waals surface area contributed by atoms with Gasteiger partial charge in [-0.2, -0.15) is 5.26 Å². The molecule has 4 heteroatoms. The molecule has 1 rings (SSSR count). The van der Waals surface area contributed by atoms with E-state index >= 15 is 0 Å². The van der Waals surface area contributed by atoms with Crippen molar-refractivity contribution in [3.63, 3.8) is 0 Å². The van der Waals surface area contributed by atoms with Crippen LogP contribution in [0, 0.1) is 23.7 Å². The Kier molecular flexibility index (Phi) is 4.22. The predicted octanol–water partition coefficient (Wildman–Crippen LogP) is 2.66. The van der Waals surface area contributed by atoms with Crippen LogP contribution in [0.15, 0.2) is 18.2 Å². The summed E-state index contributed by atoms with van der Waals surface area (Å²) in [6.07, 6.45) is 0.995. The molecule has 0 radical (unpaired) electrons. The van der Waals surface area contributed by atoms with Gasteiger partial charge in [0, 0.05) is 5.69 Å². The highest BCUT2D eigenvalue weighted by Crippen LogP contribution is 2.26. The molecular formula is C13H17N3O. The van der Waals surface area contributed by atoms with Gasteiger partial charge < -0.3 is 5.32 Å². The zero-order chi connectivity index (χ0) is 12.9. The minimum atomic E-state index is -0.953. The first-order chi connectivity index (χ1) is 8.07. The highest BCUT2D eigenvalue weighted by atomic mass is 16.2. The number of aryl methyl sites for hydroxylation is 1. The Balaban J connectivity index is 2.89. The summed E-state index contributed by atoms with van der Waals surface area (Å²) < 4.78 is 0. The van der Waals surface area contributed by atoms with Gasteiger partial charge in [0.15, 0.2) is 0 Å². The van der Waals surface area contributed by atoms with Crippen LogP contribution in [-0.2, 0) is 4.79 Å². The Labute approximate surface area is 102 Å². The van der Waals surface area contributed by atoms with Crippen LogP contribution in [0.2, 0.25) is 0 Å². The molecule has 1 aromatic heterocycles. The van der Waals surface area contributed by atoms with Crippen molar-refractivity contribution in [1.82, 2.24) is 4.98 Å². The van der Waals surface area contributed by atoms with E-state index in [4.69, 9.17) is 5.26 Å². The summed E-state index contributed by atoms with van der Waals surface area (Å²) in [7, 11) is 0. The monoisotopic (exact) mass is 231 g/mol. The number of nitrogens with one attached hydrogen (secondary N) is 1. The number of amides is 1. The van der Waals surface area contributed by atoms with Crippen LogP contribution in [0.4, 0.5) is 5.82 Å². The van der Waals surface area contributed by atoms with Crippen molar-refractivity contribution in [3.05, 3.63) is 23.9 Å². The average Bonchev–Trinajstić information content (AvgIpc) is 2.32. The molecule has 1 heterocycles. The number of nitrogens with zero attached hydrogens (tertiary/aromatic N) is 2. The van der Waals surface area contributed by atoms with Crippen molar-refractivity contribution in [3.8, 4) is 6.07 Å². The zero-order valence-corrected chi connectivity index (χ0v) is 10.4. The maximum atomic E-state index is 12.1. The fourth-order valence-corrected chi connectivity index (χ4v) is 1.63. The third-order valence-corrected chi connectivity index (χ3v) is 2.99. The number of anilines is 1. The summed E-state index contributed by atoms with van der Waals surface area (Å²) in [5, 5.41) is 11.9. The smallest absolute Gasteiger partial charge is 0.245 e. The Bertz CT molecular complexity index is 444. The molecule has 1 amide bonds. The predicted molar refractivity (Wildman–Crippen MR) is 66.2 cm³/mol. The van der Waals surface area contributed by atoms with Gasteiger partial charge in [0.1, 0.15) is 11.2 Å². The lowest BCUT2D eigenvalue weighted by Crippen LogP contribution is -2.34. The third-order valence-electron chi connectivity index (χ3n) is 2.99. The minimum Gasteiger partial charge on any atom is -0.309 e. The molecular weight excluding hydrogens is 214 g/mol. The second-order valence-electron chi connectivity index (χ2n) is 4.02. The van der Waals surface area contributed by atoms with Crippen LogP contribution in [0.3, 0.4) is 0 Å². The number of aromatic nitrogens is 1. The van der Waals surface area contributed by atoms with Gasteiger partial charge in [0.2, 0.25) is 5.91 Å². The maximum Gasteiger partial charge on any atom is 0.245 e. The second-order valence-corrected chi connectivity index (χ2v) is 4.02. The molecule has 0 spiro atoms. The first kappa shape index (κ1) is 13.2. The largest absolute Gasteiger partial charge is 0.309 e. The van der Waals surface area contributed by atoms with Gasteiger partial charge in [-0.15, -0.1) is 0 Å². The Morgan fingerprint density at radius 3 is 2.59 bits per heavy atom. The van der Waals surface area contributed by atoms with E-state index in [2.05, 4.69) is 16.4 Å². The van der Waals surface area contributed by atoms with Gasteiger partial charge in [0.25, 0.3) is 0 Å². The number of carbonyl (C=O) groups is 1. The van der Waals surface area contributed by atoms with Crippen LogP contribution in [0.5, 0.6) is 0 Å². The van der Waals surface area contributed by atoms with E-state index in [1.54, 1.807) is 6.07 Å². The maximum absolute atomic E-state index is 12.1. The highest BCUT2D eigenvalue weighted by Gasteiger charge is 2.35. The van der Waals surface area contributed by atoms with Crippen molar-refractivity contribution in [1.29, 1.82) is 5.26 Å². The van der Waals surface area contributed by atoms with Crippen LogP contribution < -0.4 is 5.32 Å². The molecule has 0 fully saturated rings. The van der Waals surface area contributed by atoms with E-state index < -0.39 is 5.41 Å². The van der Waals surface area contributed by atoms with Crippen LogP contribution >= 0.6 is 0 Å². The van der Waals surface area contributed by atoms with Gasteiger partial charge in [-0.25, -0.2) is 4.98 Å². The molecule has 0 bridgehead atoms. The van der Waals surface area contributed by atoms with Crippen LogP contribution in [-0.4, -0.2) is 10.9 Å². The van der Waals surface area contributed by atoms with E-state index in [1.165, 1.54) is 0 Å². The topological polar surface area (TPSA) is 65.8 Å². The van der Waals surface area contributed by atoms with E-state index in [9.17, 15) is 4.79 Å². The molecule has 1 N–H and O–H groups in total. The van der Waals surface area contributed by atoms with Crippen molar-refractivity contribution in [2.45, 2.75) is 33.6 Å². The molecule has 0 aliphatic rings. The quantitative estimate of drug-likeness (QED) is 0.866. The second kappa shape index (κ2) is 5.44. The fraction of sp³-hybridized carbons (Fsp3) is 0.462. The zero-order valence-electron chi connectivity index (χ0n) is 10.4. The molecule has 1 aromatic rings. The number of hydrogen-bond acceptors (Lipinski definition) is 3. The number of nitriles is 1.